The highest BCUT2D eigenvalue weighted by molar-refractivity contribution is 5.76. The number of aliphatic hydroxyl groups is 1. The Kier molecular flexibility index (Phi) is 7.21. The van der Waals surface area contributed by atoms with Gasteiger partial charge in [-0.15, -0.1) is 0 Å². The fourth-order valence-electron chi connectivity index (χ4n) is 7.27. The maximum atomic E-state index is 13.2. The summed E-state index contributed by atoms with van der Waals surface area (Å²) in [6, 6.07) is 16.5. The lowest BCUT2D eigenvalue weighted by Gasteiger charge is -2.63. The van der Waals surface area contributed by atoms with Crippen LogP contribution in [0.25, 0.3) is 0 Å². The molecule has 0 radical (unpaired) electrons. The number of amides is 1. The third-order valence-electron chi connectivity index (χ3n) is 9.29. The Bertz CT molecular complexity index is 1050. The number of benzene rings is 2. The number of carbonyl (C=O) groups excluding carboxylic acids is 1. The fraction of sp³-hybridized carbons (Fsp3) is 0.567. The lowest BCUT2D eigenvalue weighted by molar-refractivity contribution is -0.308. The summed E-state index contributed by atoms with van der Waals surface area (Å²) in [5, 5.41) is 14.0. The van der Waals surface area contributed by atoms with Crippen LogP contribution in [0.5, 0.6) is 0 Å². The predicted octanol–water partition coefficient (Wildman–Crippen LogP) is 5.01. The van der Waals surface area contributed by atoms with Crippen molar-refractivity contribution in [3.05, 3.63) is 71.5 Å². The van der Waals surface area contributed by atoms with Crippen molar-refractivity contribution in [2.24, 2.45) is 22.7 Å². The van der Waals surface area contributed by atoms with Crippen molar-refractivity contribution in [1.82, 2.24) is 5.32 Å². The maximum Gasteiger partial charge on any atom is 0.220 e. The van der Waals surface area contributed by atoms with Crippen LogP contribution in [-0.4, -0.2) is 36.1 Å². The smallest absolute Gasteiger partial charge is 0.220 e. The standard InChI is InChI=1S/C30H38FNO4/c1-29-15-14-26-30(2,19-35-28(36-26)16-20-6-4-3-5-7-20)25(29)13-12-24(33)23(29)17-27(34)32-18-21-8-10-22(31)11-9-21/h3-11,23-26,28,33H,12-19H2,1-2H3,(H,32,34)/t23-,24-,25+,26-,28-,29+,30+/m1/s1. The minimum Gasteiger partial charge on any atom is -0.393 e. The van der Waals surface area contributed by atoms with Crippen LogP contribution in [0.1, 0.15) is 57.1 Å². The number of hydrogen-bond acceptors (Lipinski definition) is 4. The SMILES string of the molecule is C[C@@]12CO[C@@H](Cc3ccccc3)O[C@@H]1CC[C@]1(C)[C@@H]2CC[C@@H](O)[C@H]1CC(=O)NCc1ccc(F)cc1. The second-order valence-electron chi connectivity index (χ2n) is 11.5. The van der Waals surface area contributed by atoms with Crippen LogP contribution < -0.4 is 5.32 Å². The molecule has 0 aromatic heterocycles. The second kappa shape index (κ2) is 10.2. The molecule has 2 saturated carbocycles. The van der Waals surface area contributed by atoms with Crippen LogP contribution in [0.2, 0.25) is 0 Å². The van der Waals surface area contributed by atoms with Gasteiger partial charge >= 0.3 is 0 Å². The summed E-state index contributed by atoms with van der Waals surface area (Å²) < 4.78 is 26.0. The molecule has 7 atom stereocenters. The lowest BCUT2D eigenvalue weighted by Crippen LogP contribution is -2.63. The van der Waals surface area contributed by atoms with E-state index in [9.17, 15) is 14.3 Å². The van der Waals surface area contributed by atoms with E-state index in [1.807, 2.05) is 18.2 Å². The Morgan fingerprint density at radius 1 is 1.03 bits per heavy atom. The van der Waals surface area contributed by atoms with Crippen molar-refractivity contribution < 1.29 is 23.8 Å². The number of rotatable bonds is 6. The molecule has 3 fully saturated rings. The molecule has 2 aromatic carbocycles. The van der Waals surface area contributed by atoms with Crippen LogP contribution >= 0.6 is 0 Å². The van der Waals surface area contributed by atoms with Gasteiger partial charge in [-0.25, -0.2) is 4.39 Å². The molecule has 5 rings (SSSR count). The van der Waals surface area contributed by atoms with Gasteiger partial charge in [0.1, 0.15) is 5.82 Å². The van der Waals surface area contributed by atoms with Gasteiger partial charge in [-0.2, -0.15) is 0 Å². The van der Waals surface area contributed by atoms with Crippen molar-refractivity contribution in [2.45, 2.75) is 77.4 Å². The summed E-state index contributed by atoms with van der Waals surface area (Å²) in [5.74, 6) is -0.180. The zero-order chi connectivity index (χ0) is 25.3. The molecule has 0 spiro atoms. The van der Waals surface area contributed by atoms with Gasteiger partial charge in [-0.05, 0) is 66.2 Å². The Balaban J connectivity index is 1.25. The van der Waals surface area contributed by atoms with Gasteiger partial charge in [0.15, 0.2) is 6.29 Å². The number of ether oxygens (including phenoxy) is 2. The molecule has 1 saturated heterocycles. The highest BCUT2D eigenvalue weighted by atomic mass is 19.1. The molecule has 1 aliphatic heterocycles. The Morgan fingerprint density at radius 3 is 2.53 bits per heavy atom. The first-order valence-corrected chi connectivity index (χ1v) is 13.3. The van der Waals surface area contributed by atoms with Crippen molar-refractivity contribution in [1.29, 1.82) is 0 Å². The Morgan fingerprint density at radius 2 is 1.78 bits per heavy atom. The maximum absolute atomic E-state index is 13.2. The molecule has 194 valence electrons. The highest BCUT2D eigenvalue weighted by Crippen LogP contribution is 2.62. The van der Waals surface area contributed by atoms with Crippen LogP contribution in [0.3, 0.4) is 0 Å². The van der Waals surface area contributed by atoms with E-state index in [1.54, 1.807) is 12.1 Å². The molecule has 6 heteroatoms. The van der Waals surface area contributed by atoms with Gasteiger partial charge in [0.25, 0.3) is 0 Å². The van der Waals surface area contributed by atoms with E-state index in [4.69, 9.17) is 9.47 Å². The second-order valence-corrected chi connectivity index (χ2v) is 11.5. The molecule has 2 aliphatic carbocycles. The average Bonchev–Trinajstić information content (AvgIpc) is 2.87. The predicted molar refractivity (Wildman–Crippen MR) is 135 cm³/mol. The van der Waals surface area contributed by atoms with E-state index in [0.717, 1.165) is 31.2 Å². The minimum absolute atomic E-state index is 0.0726. The topological polar surface area (TPSA) is 67.8 Å². The Hall–Kier alpha value is -2.28. The first-order valence-electron chi connectivity index (χ1n) is 13.3. The molecular weight excluding hydrogens is 457 g/mol. The van der Waals surface area contributed by atoms with Crippen molar-refractivity contribution in [2.75, 3.05) is 6.61 Å². The molecule has 2 N–H and O–H groups in total. The Labute approximate surface area is 213 Å². The van der Waals surface area contributed by atoms with Crippen molar-refractivity contribution >= 4 is 5.91 Å². The molecule has 36 heavy (non-hydrogen) atoms. The summed E-state index contributed by atoms with van der Waals surface area (Å²) in [6.45, 7) is 5.53. The molecule has 1 heterocycles. The van der Waals surface area contributed by atoms with Crippen molar-refractivity contribution in [3.8, 4) is 0 Å². The quantitative estimate of drug-likeness (QED) is 0.591. The number of fused-ring (bicyclic) bond motifs is 3. The van der Waals surface area contributed by atoms with Gasteiger partial charge in [0, 0.05) is 24.8 Å². The monoisotopic (exact) mass is 495 g/mol. The average molecular weight is 496 g/mol. The zero-order valence-electron chi connectivity index (χ0n) is 21.3. The summed E-state index contributed by atoms with van der Waals surface area (Å²) in [4.78, 5) is 12.9. The summed E-state index contributed by atoms with van der Waals surface area (Å²) in [5.41, 5.74) is 1.74. The number of carbonyl (C=O) groups is 1. The van der Waals surface area contributed by atoms with Gasteiger partial charge in [0.05, 0.1) is 18.8 Å². The molecule has 0 unspecified atom stereocenters. The van der Waals surface area contributed by atoms with Gasteiger partial charge in [-0.3, -0.25) is 4.79 Å². The van der Waals surface area contributed by atoms with E-state index < -0.39 is 6.10 Å². The molecular formula is C30H38FNO4. The first kappa shape index (κ1) is 25.4. The van der Waals surface area contributed by atoms with Crippen LogP contribution in [0, 0.1) is 28.5 Å². The summed E-state index contributed by atoms with van der Waals surface area (Å²) in [7, 11) is 0. The van der Waals surface area contributed by atoms with E-state index in [0.29, 0.717) is 25.5 Å². The number of hydrogen-bond donors (Lipinski definition) is 2. The van der Waals surface area contributed by atoms with E-state index in [-0.39, 0.29) is 47.3 Å². The number of nitrogens with one attached hydrogen (secondary N) is 1. The molecule has 3 aliphatic rings. The van der Waals surface area contributed by atoms with E-state index in [1.165, 1.54) is 17.7 Å². The molecule has 0 bridgehead atoms. The fourth-order valence-corrected chi connectivity index (χ4v) is 7.27. The normalized spacial score (nSPS) is 35.9. The largest absolute Gasteiger partial charge is 0.393 e. The first-order chi connectivity index (χ1) is 17.3. The van der Waals surface area contributed by atoms with Crippen molar-refractivity contribution in [3.63, 3.8) is 0 Å². The summed E-state index contributed by atoms with van der Waals surface area (Å²) in [6.07, 6.45) is 3.82. The van der Waals surface area contributed by atoms with Gasteiger partial charge in [0.2, 0.25) is 5.91 Å². The van der Waals surface area contributed by atoms with E-state index in [2.05, 4.69) is 31.3 Å². The minimum atomic E-state index is -0.501. The van der Waals surface area contributed by atoms with Gasteiger partial charge in [-0.1, -0.05) is 56.3 Å². The zero-order valence-corrected chi connectivity index (χ0v) is 21.3. The molecule has 1 amide bonds. The third kappa shape index (κ3) is 4.96. The molecule has 5 nitrogen and oxygen atoms in total. The summed E-state index contributed by atoms with van der Waals surface area (Å²) >= 11 is 0. The third-order valence-corrected chi connectivity index (χ3v) is 9.29. The lowest BCUT2D eigenvalue weighted by atomic mass is 9.46. The van der Waals surface area contributed by atoms with E-state index >= 15 is 0 Å². The number of aliphatic hydroxyl groups excluding tert-OH is 1. The van der Waals surface area contributed by atoms with Crippen LogP contribution in [0.15, 0.2) is 54.6 Å². The highest BCUT2D eigenvalue weighted by Gasteiger charge is 2.61. The molecule has 2 aromatic rings. The van der Waals surface area contributed by atoms with Gasteiger partial charge < -0.3 is 19.9 Å². The van der Waals surface area contributed by atoms with Crippen LogP contribution in [0.4, 0.5) is 4.39 Å². The van der Waals surface area contributed by atoms with Crippen LogP contribution in [-0.2, 0) is 27.2 Å². The number of halogens is 1.